The normalized spacial score (nSPS) is 18.4. The number of allylic oxidation sites excluding steroid dienone is 2. The van der Waals surface area contributed by atoms with E-state index in [1.807, 2.05) is 0 Å². The molecule has 1 aromatic carbocycles. The van der Waals surface area contributed by atoms with E-state index in [1.54, 1.807) is 24.3 Å². The molecule has 174 valence electrons. The fourth-order valence-corrected chi connectivity index (χ4v) is 3.63. The smallest absolute Gasteiger partial charge is 0.318 e. The molecule has 32 heavy (non-hydrogen) atoms. The quantitative estimate of drug-likeness (QED) is 0.448. The number of halogens is 2. The summed E-state index contributed by atoms with van der Waals surface area (Å²) >= 11 is 0. The van der Waals surface area contributed by atoms with Crippen LogP contribution < -0.4 is 5.32 Å². The van der Waals surface area contributed by atoms with Crippen LogP contribution in [0.5, 0.6) is 0 Å². The average molecular weight is 463 g/mol. The van der Waals surface area contributed by atoms with Gasteiger partial charge in [-0.1, -0.05) is 43.9 Å². The molecule has 3 rings (SSSR count). The van der Waals surface area contributed by atoms with Crippen LogP contribution in [0, 0.1) is 16.8 Å². The molecule has 2 N–H and O–H groups in total. The molecule has 1 fully saturated rings. The molecule has 0 saturated carbocycles. The molecule has 2 aliphatic heterocycles. The van der Waals surface area contributed by atoms with Crippen LogP contribution in [0.3, 0.4) is 0 Å². The van der Waals surface area contributed by atoms with Gasteiger partial charge in [0, 0.05) is 19.2 Å². The molecule has 2 amide bonds. The average Bonchev–Trinajstić information content (AvgIpc) is 3.25. The number of nitrogens with one attached hydrogen (secondary N) is 2. The van der Waals surface area contributed by atoms with Gasteiger partial charge in [0.25, 0.3) is 0 Å². The lowest BCUT2D eigenvalue weighted by Gasteiger charge is -2.25. The maximum absolute atomic E-state index is 14.0. The predicted molar refractivity (Wildman–Crippen MR) is 130 cm³/mol. The zero-order valence-electron chi connectivity index (χ0n) is 18.8. The van der Waals surface area contributed by atoms with Crippen molar-refractivity contribution < 1.29 is 13.6 Å². The molecule has 0 spiro atoms. The minimum absolute atomic E-state index is 0.156. The van der Waals surface area contributed by atoms with E-state index >= 15 is 0 Å². The van der Waals surface area contributed by atoms with Crippen molar-refractivity contribution >= 4 is 20.6 Å². The highest BCUT2D eigenvalue weighted by molar-refractivity contribution is 7.02. The lowest BCUT2D eigenvalue weighted by Crippen LogP contribution is -2.42. The van der Waals surface area contributed by atoms with Gasteiger partial charge < -0.3 is 15.1 Å². The van der Waals surface area contributed by atoms with Gasteiger partial charge >= 0.3 is 6.03 Å². The zero-order valence-corrected chi connectivity index (χ0v) is 19.8. The summed E-state index contributed by atoms with van der Waals surface area (Å²) in [6, 6.07) is 2.56. The Labute approximate surface area is 192 Å². The fraction of sp³-hybridized carbons (Fsp3) is 0.375. The highest BCUT2D eigenvalue weighted by Gasteiger charge is 2.31. The Balaban J connectivity index is 0.000000477. The number of hydrogen-bond acceptors (Lipinski definition) is 3. The highest BCUT2D eigenvalue weighted by atomic mass is 31.0. The van der Waals surface area contributed by atoms with Gasteiger partial charge in [0.05, 0.1) is 6.04 Å². The first kappa shape index (κ1) is 27.4. The third-order valence-corrected chi connectivity index (χ3v) is 5.25. The summed E-state index contributed by atoms with van der Waals surface area (Å²) in [7, 11) is 5.93. The number of likely N-dealkylation sites (tertiary alicyclic amines) is 1. The molecule has 0 unspecified atom stereocenters. The molecule has 0 bridgehead atoms. The van der Waals surface area contributed by atoms with Crippen molar-refractivity contribution in [3.63, 3.8) is 0 Å². The van der Waals surface area contributed by atoms with Gasteiger partial charge in [0.15, 0.2) is 0 Å². The number of benzene rings is 1. The molecule has 8 heteroatoms. The second kappa shape index (κ2) is 14.4. The van der Waals surface area contributed by atoms with Crippen LogP contribution >= 0.6 is 9.03 Å². The summed E-state index contributed by atoms with van der Waals surface area (Å²) in [5.74, 6) is -1.05. The number of carbonyl (C=O) groups is 1. The lowest BCUT2D eigenvalue weighted by molar-refractivity contribution is 0.205. The minimum atomic E-state index is -0.525. The van der Waals surface area contributed by atoms with E-state index in [0.29, 0.717) is 5.57 Å². The molecule has 5 nitrogen and oxygen atoms in total. The second-order valence-corrected chi connectivity index (χ2v) is 7.41. The molecule has 2 heterocycles. The van der Waals surface area contributed by atoms with Gasteiger partial charge in [0.2, 0.25) is 0 Å². The van der Waals surface area contributed by atoms with E-state index in [1.165, 1.54) is 44.3 Å². The Kier molecular flexibility index (Phi) is 12.4. The van der Waals surface area contributed by atoms with Gasteiger partial charge in [-0.15, -0.1) is 0 Å². The van der Waals surface area contributed by atoms with Gasteiger partial charge in [0.1, 0.15) is 11.6 Å². The summed E-state index contributed by atoms with van der Waals surface area (Å²) in [5, 5.41) is 8.11. The molecular weight excluding hydrogens is 429 g/mol. The topological polar surface area (TPSA) is 59.4 Å². The summed E-state index contributed by atoms with van der Waals surface area (Å²) in [4.78, 5) is 16.0. The van der Waals surface area contributed by atoms with Crippen molar-refractivity contribution in [3.05, 3.63) is 78.4 Å². The summed E-state index contributed by atoms with van der Waals surface area (Å²) in [6.45, 7) is 10.2. The molecule has 0 aromatic heterocycles. The molecule has 0 aliphatic carbocycles. The number of nitrogens with zero attached hydrogens (tertiary/aromatic N) is 2. The van der Waals surface area contributed by atoms with Crippen LogP contribution in [-0.2, 0) is 0 Å². The highest BCUT2D eigenvalue weighted by Crippen LogP contribution is 2.31. The van der Waals surface area contributed by atoms with Crippen molar-refractivity contribution in [3.8, 4) is 0 Å². The van der Waals surface area contributed by atoms with Crippen molar-refractivity contribution in [2.45, 2.75) is 25.3 Å². The Bertz CT molecular complexity index is 850. The van der Waals surface area contributed by atoms with Crippen LogP contribution in [0.25, 0.3) is 5.57 Å². The van der Waals surface area contributed by atoms with Crippen molar-refractivity contribution in [2.75, 3.05) is 33.7 Å². The van der Waals surface area contributed by atoms with E-state index in [9.17, 15) is 13.6 Å². The molecular formula is C24H33F2N4OP. The molecule has 2 aliphatic rings. The third-order valence-electron chi connectivity index (χ3n) is 5.25. The van der Waals surface area contributed by atoms with Gasteiger partial charge in [-0.05, 0) is 71.4 Å². The van der Waals surface area contributed by atoms with E-state index in [0.717, 1.165) is 23.8 Å². The fourth-order valence-electron chi connectivity index (χ4n) is 3.63. The van der Waals surface area contributed by atoms with Gasteiger partial charge in [-0.3, -0.25) is 5.16 Å². The third kappa shape index (κ3) is 7.81. The Hall–Kier alpha value is -2.63. The lowest BCUT2D eigenvalue weighted by atomic mass is 10.0. The largest absolute Gasteiger partial charge is 0.341 e. The SMILES string of the molecule is C=C/C=C(\C=C)[C@@H]1C=C(c2cc(F)ccc2F)CN1C(=O)NC.CN1CCCCC1.N=P. The number of urea groups is 1. The molecule has 1 aromatic rings. The van der Waals surface area contributed by atoms with Crippen molar-refractivity contribution in [2.24, 2.45) is 0 Å². The second-order valence-electron chi connectivity index (χ2n) is 7.41. The van der Waals surface area contributed by atoms with Crippen LogP contribution in [0.4, 0.5) is 13.6 Å². The van der Waals surface area contributed by atoms with E-state index in [2.05, 4.69) is 39.5 Å². The maximum Gasteiger partial charge on any atom is 0.318 e. The van der Waals surface area contributed by atoms with Crippen LogP contribution in [0.2, 0.25) is 0 Å². The summed E-state index contributed by atoms with van der Waals surface area (Å²) in [6.07, 6.45) is 11.0. The maximum atomic E-state index is 14.0. The standard InChI is InChI=1S/C18H18F2N2O.C6H13N.H2NP/c1-4-6-12(5-2)17-9-13(11-22(17)18(23)21-3)15-10-14(19)7-8-16(15)20;1-7-5-3-2-4-6-7;1-2/h4-10,17H,1-2,11H2,3H3,(H,21,23);2-6H2,1H3;1-2H/b12-6+;;/t17-;;/m0../s1. The Morgan fingerprint density at radius 3 is 2.38 bits per heavy atom. The van der Waals surface area contributed by atoms with E-state index in [4.69, 9.17) is 5.16 Å². The predicted octanol–water partition coefficient (Wildman–Crippen LogP) is 5.66. The van der Waals surface area contributed by atoms with Crippen molar-refractivity contribution in [1.82, 2.24) is 15.1 Å². The van der Waals surface area contributed by atoms with Crippen LogP contribution in [-0.4, -0.2) is 55.6 Å². The van der Waals surface area contributed by atoms with E-state index < -0.39 is 17.7 Å². The number of piperidine rings is 1. The number of amides is 2. The summed E-state index contributed by atoms with van der Waals surface area (Å²) in [5.41, 5.74) is 1.45. The monoisotopic (exact) mass is 462 g/mol. The zero-order chi connectivity index (χ0) is 24.1. The molecule has 0 radical (unpaired) electrons. The first-order valence-corrected chi connectivity index (χ1v) is 10.9. The van der Waals surface area contributed by atoms with Crippen molar-refractivity contribution in [1.29, 1.82) is 5.16 Å². The summed E-state index contributed by atoms with van der Waals surface area (Å²) < 4.78 is 27.4. The van der Waals surface area contributed by atoms with Crippen LogP contribution in [0.1, 0.15) is 24.8 Å². The number of rotatable bonds is 4. The van der Waals surface area contributed by atoms with E-state index in [-0.39, 0.29) is 18.1 Å². The molecule has 1 atom stereocenters. The number of hydrogen-bond donors (Lipinski definition) is 2. The minimum Gasteiger partial charge on any atom is -0.341 e. The first-order chi connectivity index (χ1) is 15.4. The Morgan fingerprint density at radius 2 is 1.88 bits per heavy atom. The molecule has 1 saturated heterocycles. The van der Waals surface area contributed by atoms with Gasteiger partial charge in [-0.25, -0.2) is 13.6 Å². The van der Waals surface area contributed by atoms with Gasteiger partial charge in [-0.2, -0.15) is 0 Å². The Morgan fingerprint density at radius 1 is 1.22 bits per heavy atom. The van der Waals surface area contributed by atoms with Crippen LogP contribution in [0.15, 0.2) is 61.2 Å². The first-order valence-electron chi connectivity index (χ1n) is 10.4. The number of carbonyl (C=O) groups excluding carboxylic acids is 1.